The fraction of sp³-hybridized carbons (Fsp3) is 0.579. The van der Waals surface area contributed by atoms with E-state index in [1.807, 2.05) is 19.9 Å². The van der Waals surface area contributed by atoms with E-state index in [1.165, 1.54) is 0 Å². The first kappa shape index (κ1) is 20.5. The zero-order chi connectivity index (χ0) is 18.2. The number of carbonyl (C=O) groups is 2. The lowest BCUT2D eigenvalue weighted by molar-refractivity contribution is -0.137. The Morgan fingerprint density at radius 1 is 1.38 bits per heavy atom. The summed E-state index contributed by atoms with van der Waals surface area (Å²) in [4.78, 5) is 20.9. The molecule has 0 spiro atoms. The van der Waals surface area contributed by atoms with E-state index in [9.17, 15) is 9.18 Å². The second kappa shape index (κ2) is 9.64. The molecule has 1 saturated heterocycles. The van der Waals surface area contributed by atoms with Gasteiger partial charge in [0.1, 0.15) is 12.6 Å². The van der Waals surface area contributed by atoms with E-state index >= 15 is 0 Å². The van der Waals surface area contributed by atoms with Crippen molar-refractivity contribution in [2.24, 2.45) is 0 Å². The minimum atomic E-state index is -0.423. The largest absolute Gasteiger partial charge is 0.307 e. The van der Waals surface area contributed by atoms with Crippen molar-refractivity contribution in [3.63, 3.8) is 0 Å². The minimum absolute atomic E-state index is 0.171. The van der Waals surface area contributed by atoms with E-state index in [0.717, 1.165) is 32.2 Å². The van der Waals surface area contributed by atoms with Gasteiger partial charge in [-0.15, -0.1) is 0 Å². The van der Waals surface area contributed by atoms with Crippen molar-refractivity contribution in [2.75, 3.05) is 13.6 Å². The van der Waals surface area contributed by atoms with Gasteiger partial charge in [0.2, 0.25) is 0 Å². The molecule has 5 heteroatoms. The second-order valence-corrected chi connectivity index (χ2v) is 6.19. The number of hydrogen-bond donors (Lipinski definition) is 1. The number of nitrogens with zero attached hydrogens (tertiary/aromatic N) is 1. The highest BCUT2D eigenvalue weighted by Crippen LogP contribution is 2.32. The van der Waals surface area contributed by atoms with Gasteiger partial charge in [0.05, 0.1) is 5.54 Å². The van der Waals surface area contributed by atoms with Crippen molar-refractivity contribution in [3.8, 4) is 0 Å². The fourth-order valence-electron chi connectivity index (χ4n) is 3.60. The average molecular weight is 336 g/mol. The third-order valence-corrected chi connectivity index (χ3v) is 5.01. The third-order valence-electron chi connectivity index (χ3n) is 5.01. The monoisotopic (exact) mass is 336 g/mol. The molecule has 1 heterocycles. The number of hydrogen-bond acceptors (Lipinski definition) is 4. The molecular weight excluding hydrogens is 307 g/mol. The van der Waals surface area contributed by atoms with Crippen LogP contribution in [-0.4, -0.2) is 36.7 Å². The van der Waals surface area contributed by atoms with Crippen LogP contribution < -0.4 is 5.43 Å². The van der Waals surface area contributed by atoms with Crippen LogP contribution in [0.5, 0.6) is 0 Å². The number of hydrazine groups is 1. The molecule has 1 aliphatic heterocycles. The summed E-state index contributed by atoms with van der Waals surface area (Å²) < 4.78 is 14.1. The predicted molar refractivity (Wildman–Crippen MR) is 94.2 cm³/mol. The third kappa shape index (κ3) is 4.28. The second-order valence-electron chi connectivity index (χ2n) is 6.19. The molecule has 0 bridgehead atoms. The van der Waals surface area contributed by atoms with Crippen molar-refractivity contribution in [2.45, 2.75) is 57.9 Å². The molecule has 0 radical (unpaired) electrons. The molecule has 0 aromatic heterocycles. The van der Waals surface area contributed by atoms with E-state index in [2.05, 4.69) is 17.4 Å². The highest BCUT2D eigenvalue weighted by molar-refractivity contribution is 5.88. The van der Waals surface area contributed by atoms with Gasteiger partial charge in [-0.05, 0) is 57.2 Å². The number of Topliss-reactive ketones (excluding diaryl/α,β-unsaturated/α-hetero) is 1. The number of benzene rings is 1. The fourth-order valence-corrected chi connectivity index (χ4v) is 3.60. The van der Waals surface area contributed by atoms with Crippen molar-refractivity contribution < 1.29 is 14.0 Å². The Balaban J connectivity index is 0.00000139. The van der Waals surface area contributed by atoms with Crippen LogP contribution in [0, 0.1) is 12.7 Å². The lowest BCUT2D eigenvalue weighted by Gasteiger charge is -2.45. The standard InChI is InChI=1S/C18H27FN2O.CH2O/c1-4-18(12-5-6-13-21(18)20-3)16(22)11-10-15-9-7-8-14(2)17(15)19;1-2/h7-9,20H,4-6,10-13H2,1-3H3;1H2. The molecule has 2 rings (SSSR count). The van der Waals surface area contributed by atoms with Gasteiger partial charge < -0.3 is 4.79 Å². The van der Waals surface area contributed by atoms with E-state index in [4.69, 9.17) is 4.79 Å². The Hall–Kier alpha value is -1.59. The Kier molecular flexibility index (Phi) is 8.22. The maximum atomic E-state index is 14.1. The molecule has 0 saturated carbocycles. The SMILES string of the molecule is C=O.CCC1(C(=O)CCc2cccc(C)c2F)CCCCN1NC. The van der Waals surface area contributed by atoms with Gasteiger partial charge in [0, 0.05) is 13.0 Å². The normalized spacial score (nSPS) is 21.0. The molecule has 4 nitrogen and oxygen atoms in total. The molecule has 0 amide bonds. The molecule has 1 fully saturated rings. The lowest BCUT2D eigenvalue weighted by Crippen LogP contribution is -2.61. The summed E-state index contributed by atoms with van der Waals surface area (Å²) in [6, 6.07) is 5.40. The highest BCUT2D eigenvalue weighted by Gasteiger charge is 2.42. The number of nitrogens with one attached hydrogen (secondary N) is 1. The topological polar surface area (TPSA) is 49.4 Å². The quantitative estimate of drug-likeness (QED) is 0.866. The zero-order valence-electron chi connectivity index (χ0n) is 15.0. The Labute approximate surface area is 144 Å². The van der Waals surface area contributed by atoms with Gasteiger partial charge >= 0.3 is 0 Å². The predicted octanol–water partition coefficient (Wildman–Crippen LogP) is 3.22. The molecule has 1 unspecified atom stereocenters. The molecule has 134 valence electrons. The summed E-state index contributed by atoms with van der Waals surface area (Å²) in [5.41, 5.74) is 4.05. The molecule has 1 atom stereocenters. The van der Waals surface area contributed by atoms with Crippen molar-refractivity contribution >= 4 is 12.6 Å². The molecule has 24 heavy (non-hydrogen) atoms. The van der Waals surface area contributed by atoms with Crippen LogP contribution >= 0.6 is 0 Å². The van der Waals surface area contributed by atoms with Crippen molar-refractivity contribution in [1.29, 1.82) is 0 Å². The van der Waals surface area contributed by atoms with E-state index in [1.54, 1.807) is 19.1 Å². The number of halogens is 1. The Morgan fingerprint density at radius 3 is 2.71 bits per heavy atom. The van der Waals surface area contributed by atoms with Crippen LogP contribution in [-0.2, 0) is 16.0 Å². The summed E-state index contributed by atoms with van der Waals surface area (Å²) in [7, 11) is 1.88. The number of aryl methyl sites for hydroxylation is 2. The number of rotatable bonds is 6. The van der Waals surface area contributed by atoms with Crippen molar-refractivity contribution in [3.05, 3.63) is 35.1 Å². The first-order valence-electron chi connectivity index (χ1n) is 8.56. The summed E-state index contributed by atoms with van der Waals surface area (Å²) in [5.74, 6) is 0.0555. The molecule has 1 aliphatic rings. The summed E-state index contributed by atoms with van der Waals surface area (Å²) in [5, 5.41) is 2.09. The average Bonchev–Trinajstić information content (AvgIpc) is 2.64. The zero-order valence-corrected chi connectivity index (χ0v) is 15.0. The Bertz CT molecular complexity index is 550. The van der Waals surface area contributed by atoms with E-state index in [-0.39, 0.29) is 11.6 Å². The maximum Gasteiger partial charge on any atom is 0.154 e. The molecule has 1 aromatic carbocycles. The van der Waals surface area contributed by atoms with Gasteiger partial charge in [-0.1, -0.05) is 25.1 Å². The smallest absolute Gasteiger partial charge is 0.154 e. The molecule has 1 N–H and O–H groups in total. The van der Waals surface area contributed by atoms with Gasteiger partial charge in [-0.2, -0.15) is 0 Å². The van der Waals surface area contributed by atoms with Crippen molar-refractivity contribution in [1.82, 2.24) is 10.4 Å². The first-order valence-corrected chi connectivity index (χ1v) is 8.56. The van der Waals surface area contributed by atoms with E-state index in [0.29, 0.717) is 24.0 Å². The van der Waals surface area contributed by atoms with Gasteiger partial charge in [-0.3, -0.25) is 10.2 Å². The van der Waals surface area contributed by atoms with Crippen LogP contribution in [0.1, 0.15) is 50.2 Å². The molecule has 0 aliphatic carbocycles. The summed E-state index contributed by atoms with van der Waals surface area (Å²) >= 11 is 0. The van der Waals surface area contributed by atoms with Crippen LogP contribution in [0.15, 0.2) is 18.2 Å². The van der Waals surface area contributed by atoms with Gasteiger partial charge in [-0.25, -0.2) is 9.40 Å². The highest BCUT2D eigenvalue weighted by atomic mass is 19.1. The van der Waals surface area contributed by atoms with Gasteiger partial charge in [0.15, 0.2) is 5.78 Å². The molecule has 1 aromatic rings. The van der Waals surface area contributed by atoms with Crippen LogP contribution in [0.3, 0.4) is 0 Å². The number of carbonyl (C=O) groups excluding carboxylic acids is 2. The van der Waals surface area contributed by atoms with Gasteiger partial charge in [0.25, 0.3) is 0 Å². The van der Waals surface area contributed by atoms with E-state index < -0.39 is 5.54 Å². The van der Waals surface area contributed by atoms with Crippen LogP contribution in [0.4, 0.5) is 4.39 Å². The summed E-state index contributed by atoms with van der Waals surface area (Å²) in [6.45, 7) is 6.73. The Morgan fingerprint density at radius 2 is 2.08 bits per heavy atom. The first-order chi connectivity index (χ1) is 11.5. The molecular formula is C19H29FN2O2. The van der Waals surface area contributed by atoms with Crippen LogP contribution in [0.25, 0.3) is 0 Å². The lowest BCUT2D eigenvalue weighted by atomic mass is 9.80. The minimum Gasteiger partial charge on any atom is -0.307 e. The van der Waals surface area contributed by atoms with Crippen LogP contribution in [0.2, 0.25) is 0 Å². The number of piperidine rings is 1. The number of ketones is 1. The summed E-state index contributed by atoms with van der Waals surface area (Å²) in [6.07, 6.45) is 4.75. The maximum absolute atomic E-state index is 14.1.